The quantitative estimate of drug-likeness (QED) is 0.461. The molecule has 0 saturated carbocycles. The third-order valence-electron chi connectivity index (χ3n) is 5.47. The third kappa shape index (κ3) is 5.11. The summed E-state index contributed by atoms with van der Waals surface area (Å²) in [6, 6.07) is 19.8. The Labute approximate surface area is 194 Å². The van der Waals surface area contributed by atoms with Crippen molar-refractivity contribution in [3.63, 3.8) is 0 Å². The minimum absolute atomic E-state index is 0.163. The number of benzene rings is 3. The van der Waals surface area contributed by atoms with Gasteiger partial charge in [0.25, 0.3) is 0 Å². The van der Waals surface area contributed by atoms with E-state index in [0.29, 0.717) is 18.9 Å². The number of carbonyl (C=O) groups excluding carboxylic acids is 2. The summed E-state index contributed by atoms with van der Waals surface area (Å²) in [6.45, 7) is 7.87. The molecule has 0 fully saturated rings. The maximum Gasteiger partial charge on any atom is 0.414 e. The minimum Gasteiger partial charge on any atom is -0.488 e. The number of carbonyl (C=O) groups is 2. The molecule has 0 radical (unpaired) electrons. The highest BCUT2D eigenvalue weighted by Crippen LogP contribution is 2.45. The largest absolute Gasteiger partial charge is 0.488 e. The van der Waals surface area contributed by atoms with Crippen LogP contribution in [0.1, 0.15) is 44.7 Å². The molecule has 4 rings (SSSR count). The topological polar surface area (TPSA) is 65.1 Å². The number of amides is 1. The molecule has 0 N–H and O–H groups in total. The molecule has 1 aliphatic heterocycles. The second-order valence-electron chi connectivity index (χ2n) is 9.22. The summed E-state index contributed by atoms with van der Waals surface area (Å²) in [5, 5.41) is 1.92. The first kappa shape index (κ1) is 22.6. The number of hydrogen-bond donors (Lipinski definition) is 0. The van der Waals surface area contributed by atoms with Crippen molar-refractivity contribution in [1.82, 2.24) is 0 Å². The molecular weight excluding hydrogens is 418 g/mol. The smallest absolute Gasteiger partial charge is 0.414 e. The Kier molecular flexibility index (Phi) is 6.27. The van der Waals surface area contributed by atoms with Crippen molar-refractivity contribution >= 4 is 28.5 Å². The number of rotatable bonds is 5. The van der Waals surface area contributed by atoms with Crippen LogP contribution in [0, 0.1) is 0 Å². The average molecular weight is 448 g/mol. The number of anilines is 1. The van der Waals surface area contributed by atoms with E-state index in [-0.39, 0.29) is 18.5 Å². The van der Waals surface area contributed by atoms with E-state index in [4.69, 9.17) is 14.2 Å². The van der Waals surface area contributed by atoms with Gasteiger partial charge in [-0.25, -0.2) is 4.79 Å². The standard InChI is InChI=1S/C27H29NO5/c1-18(29)31-17-20-15-28(26(30)33-27(2,3)4)23-14-24(32-16-19-10-6-5-7-11-19)21-12-8-9-13-22(21)25(20)23/h5-14,20H,15-17H2,1-4H3/t20-/m0/s1. The Morgan fingerprint density at radius 3 is 2.33 bits per heavy atom. The van der Waals surface area contributed by atoms with Crippen LogP contribution in [0.3, 0.4) is 0 Å². The maximum atomic E-state index is 13.1. The molecule has 0 spiro atoms. The Morgan fingerprint density at radius 2 is 1.67 bits per heavy atom. The Morgan fingerprint density at radius 1 is 1.00 bits per heavy atom. The van der Waals surface area contributed by atoms with Crippen molar-refractivity contribution < 1.29 is 23.8 Å². The van der Waals surface area contributed by atoms with Gasteiger partial charge in [-0.3, -0.25) is 9.69 Å². The molecule has 0 bridgehead atoms. The second kappa shape index (κ2) is 9.14. The van der Waals surface area contributed by atoms with Crippen LogP contribution in [0.25, 0.3) is 10.8 Å². The van der Waals surface area contributed by atoms with Crippen molar-refractivity contribution in [1.29, 1.82) is 0 Å². The highest BCUT2D eigenvalue weighted by atomic mass is 16.6. The van der Waals surface area contributed by atoms with Crippen LogP contribution in [0.4, 0.5) is 10.5 Å². The first-order chi connectivity index (χ1) is 15.7. The van der Waals surface area contributed by atoms with Crippen molar-refractivity contribution in [2.24, 2.45) is 0 Å². The summed E-state index contributed by atoms with van der Waals surface area (Å²) in [7, 11) is 0. The van der Waals surface area contributed by atoms with Crippen LogP contribution in [-0.4, -0.2) is 30.8 Å². The molecule has 3 aromatic rings. The Hall–Kier alpha value is -3.54. The van der Waals surface area contributed by atoms with Gasteiger partial charge in [-0.15, -0.1) is 0 Å². The molecule has 3 aromatic carbocycles. The van der Waals surface area contributed by atoms with Gasteiger partial charge in [0, 0.05) is 30.8 Å². The number of esters is 1. The minimum atomic E-state index is -0.630. The van der Waals surface area contributed by atoms with Crippen LogP contribution >= 0.6 is 0 Å². The van der Waals surface area contributed by atoms with E-state index in [1.165, 1.54) is 6.92 Å². The van der Waals surface area contributed by atoms with Crippen LogP contribution in [0.5, 0.6) is 5.75 Å². The average Bonchev–Trinajstić information content (AvgIpc) is 3.14. The third-order valence-corrected chi connectivity index (χ3v) is 5.47. The van der Waals surface area contributed by atoms with E-state index in [0.717, 1.165) is 27.6 Å². The van der Waals surface area contributed by atoms with Gasteiger partial charge in [0.05, 0.1) is 12.3 Å². The molecule has 1 amide bonds. The number of nitrogens with zero attached hydrogens (tertiary/aromatic N) is 1. The normalized spacial score (nSPS) is 15.3. The van der Waals surface area contributed by atoms with Crippen LogP contribution in [0.2, 0.25) is 0 Å². The number of ether oxygens (including phenoxy) is 3. The Bertz CT molecular complexity index is 1170. The fraction of sp³-hybridized carbons (Fsp3) is 0.333. The molecule has 0 unspecified atom stereocenters. The van der Waals surface area contributed by atoms with Crippen molar-refractivity contribution in [2.45, 2.75) is 45.8 Å². The molecule has 1 heterocycles. The zero-order chi connectivity index (χ0) is 23.6. The molecule has 33 heavy (non-hydrogen) atoms. The molecule has 6 nitrogen and oxygen atoms in total. The highest BCUT2D eigenvalue weighted by molar-refractivity contribution is 6.02. The van der Waals surface area contributed by atoms with E-state index >= 15 is 0 Å². The molecule has 1 aliphatic rings. The lowest BCUT2D eigenvalue weighted by molar-refractivity contribution is -0.141. The van der Waals surface area contributed by atoms with Gasteiger partial charge >= 0.3 is 12.1 Å². The monoisotopic (exact) mass is 447 g/mol. The van der Waals surface area contributed by atoms with E-state index in [2.05, 4.69) is 0 Å². The molecule has 1 atom stereocenters. The summed E-state index contributed by atoms with van der Waals surface area (Å²) in [5.41, 5.74) is 2.11. The van der Waals surface area contributed by atoms with Crippen LogP contribution in [-0.2, 0) is 20.9 Å². The Balaban J connectivity index is 1.77. The van der Waals surface area contributed by atoms with E-state index in [1.54, 1.807) is 4.90 Å². The highest BCUT2D eigenvalue weighted by Gasteiger charge is 2.37. The first-order valence-electron chi connectivity index (χ1n) is 11.1. The van der Waals surface area contributed by atoms with Crippen molar-refractivity contribution in [2.75, 3.05) is 18.1 Å². The lowest BCUT2D eigenvalue weighted by atomic mass is 9.94. The fourth-order valence-corrected chi connectivity index (χ4v) is 4.11. The second-order valence-corrected chi connectivity index (χ2v) is 9.22. The van der Waals surface area contributed by atoms with Gasteiger partial charge in [-0.2, -0.15) is 0 Å². The van der Waals surface area contributed by atoms with Crippen molar-refractivity contribution in [3.05, 3.63) is 71.8 Å². The molecule has 0 saturated heterocycles. The van der Waals surface area contributed by atoms with Gasteiger partial charge in [0.15, 0.2) is 0 Å². The lowest BCUT2D eigenvalue weighted by Gasteiger charge is -2.25. The fourth-order valence-electron chi connectivity index (χ4n) is 4.11. The first-order valence-corrected chi connectivity index (χ1v) is 11.1. The summed E-state index contributed by atoms with van der Waals surface area (Å²) >= 11 is 0. The zero-order valence-electron chi connectivity index (χ0n) is 19.5. The molecular formula is C27H29NO5. The maximum absolute atomic E-state index is 13.1. The summed E-state index contributed by atoms with van der Waals surface area (Å²) in [5.74, 6) is 0.179. The lowest BCUT2D eigenvalue weighted by Crippen LogP contribution is -2.36. The molecule has 172 valence electrons. The number of hydrogen-bond acceptors (Lipinski definition) is 5. The predicted molar refractivity (Wildman–Crippen MR) is 128 cm³/mol. The zero-order valence-corrected chi connectivity index (χ0v) is 19.5. The SMILES string of the molecule is CC(=O)OC[C@@H]1CN(C(=O)OC(C)(C)C)c2cc(OCc3ccccc3)c3ccccc3c21. The molecule has 0 aliphatic carbocycles. The van der Waals surface area contributed by atoms with E-state index < -0.39 is 11.7 Å². The van der Waals surface area contributed by atoms with Crippen LogP contribution < -0.4 is 9.64 Å². The summed E-state index contributed by atoms with van der Waals surface area (Å²) < 4.78 is 17.2. The number of fused-ring (bicyclic) bond motifs is 3. The van der Waals surface area contributed by atoms with Gasteiger partial charge < -0.3 is 14.2 Å². The van der Waals surface area contributed by atoms with Crippen LogP contribution in [0.15, 0.2) is 60.7 Å². The molecule has 6 heteroatoms. The predicted octanol–water partition coefficient (Wildman–Crippen LogP) is 5.82. The van der Waals surface area contributed by atoms with Crippen molar-refractivity contribution in [3.8, 4) is 5.75 Å². The van der Waals surface area contributed by atoms with Gasteiger partial charge in [-0.1, -0.05) is 54.6 Å². The van der Waals surface area contributed by atoms with E-state index in [1.807, 2.05) is 81.4 Å². The van der Waals surface area contributed by atoms with Gasteiger partial charge in [0.2, 0.25) is 0 Å². The van der Waals surface area contributed by atoms with E-state index in [9.17, 15) is 9.59 Å². The summed E-state index contributed by atoms with van der Waals surface area (Å²) in [6.07, 6.45) is -0.432. The molecule has 0 aromatic heterocycles. The van der Waals surface area contributed by atoms with Gasteiger partial charge in [-0.05, 0) is 37.3 Å². The van der Waals surface area contributed by atoms with Gasteiger partial charge in [0.1, 0.15) is 18.0 Å². The summed E-state index contributed by atoms with van der Waals surface area (Å²) in [4.78, 5) is 26.2.